The molecule has 0 spiro atoms. The number of rotatable bonds is 5. The molecule has 0 aliphatic heterocycles. The van der Waals surface area contributed by atoms with Gasteiger partial charge in [0.05, 0.1) is 25.3 Å². The molecule has 1 aromatic carbocycles. The lowest BCUT2D eigenvalue weighted by molar-refractivity contribution is 0.252. The number of anilines is 1. The van der Waals surface area contributed by atoms with Gasteiger partial charge in [-0.25, -0.2) is 0 Å². The minimum absolute atomic E-state index is 0.239. The van der Waals surface area contributed by atoms with Crippen LogP contribution in [0.25, 0.3) is 0 Å². The fourth-order valence-electron chi connectivity index (χ4n) is 1.61. The molecule has 0 saturated carbocycles. The number of hydrogen-bond acceptors (Lipinski definition) is 4. The molecule has 4 nitrogen and oxygen atoms in total. The van der Waals surface area contributed by atoms with Crippen molar-refractivity contribution in [2.45, 2.75) is 25.9 Å². The summed E-state index contributed by atoms with van der Waals surface area (Å²) in [6.07, 6.45) is 0.530. The molecule has 1 aromatic rings. The van der Waals surface area contributed by atoms with E-state index in [1.54, 1.807) is 7.11 Å². The fraction of sp³-hybridized carbons (Fsp3) is 0.462. The Morgan fingerprint density at radius 1 is 1.53 bits per heavy atom. The summed E-state index contributed by atoms with van der Waals surface area (Å²) in [5.74, 6) is 0.696. The zero-order chi connectivity index (χ0) is 12.8. The molecule has 0 bridgehead atoms. The highest BCUT2D eigenvalue weighted by Gasteiger charge is 2.10. The molecule has 1 atom stereocenters. The molecule has 0 amide bonds. The molecular formula is C13H19N3O. The Kier molecular flexibility index (Phi) is 4.80. The molecule has 0 aliphatic rings. The third kappa shape index (κ3) is 3.65. The van der Waals surface area contributed by atoms with E-state index in [1.165, 1.54) is 0 Å². The van der Waals surface area contributed by atoms with E-state index in [0.29, 0.717) is 17.9 Å². The van der Waals surface area contributed by atoms with Gasteiger partial charge in [0.25, 0.3) is 0 Å². The molecule has 0 fully saturated rings. The minimum atomic E-state index is 0.239. The van der Waals surface area contributed by atoms with E-state index in [9.17, 15) is 0 Å². The highest BCUT2D eigenvalue weighted by atomic mass is 16.5. The maximum atomic E-state index is 8.65. The third-order valence-electron chi connectivity index (χ3n) is 2.87. The summed E-state index contributed by atoms with van der Waals surface area (Å²) in [7, 11) is 3.61. The van der Waals surface area contributed by atoms with Gasteiger partial charge in [0.1, 0.15) is 5.75 Å². The van der Waals surface area contributed by atoms with Crippen molar-refractivity contribution in [2.75, 3.05) is 19.9 Å². The number of nitrogens with zero attached hydrogens (tertiary/aromatic N) is 2. The van der Waals surface area contributed by atoms with E-state index in [4.69, 9.17) is 15.7 Å². The summed E-state index contributed by atoms with van der Waals surface area (Å²) >= 11 is 0. The number of ether oxygens (including phenoxy) is 1. The number of nitrogens with two attached hydrogens (primary N) is 1. The lowest BCUT2D eigenvalue weighted by atomic mass is 10.1. The molecule has 92 valence electrons. The molecule has 1 unspecified atom stereocenters. The van der Waals surface area contributed by atoms with Gasteiger partial charge in [-0.1, -0.05) is 6.07 Å². The Bertz CT molecular complexity index is 412. The van der Waals surface area contributed by atoms with Crippen LogP contribution < -0.4 is 10.5 Å². The van der Waals surface area contributed by atoms with Crippen LogP contribution in [-0.4, -0.2) is 25.1 Å². The first-order chi connectivity index (χ1) is 8.08. The zero-order valence-electron chi connectivity index (χ0n) is 10.6. The maximum Gasteiger partial charge on any atom is 0.141 e. The summed E-state index contributed by atoms with van der Waals surface area (Å²) < 4.78 is 5.11. The fourth-order valence-corrected chi connectivity index (χ4v) is 1.61. The second kappa shape index (κ2) is 6.12. The maximum absolute atomic E-state index is 8.65. The monoisotopic (exact) mass is 233 g/mol. The molecule has 0 radical (unpaired) electrons. The van der Waals surface area contributed by atoms with Gasteiger partial charge < -0.3 is 10.5 Å². The van der Waals surface area contributed by atoms with Crippen LogP contribution in [0, 0.1) is 11.3 Å². The van der Waals surface area contributed by atoms with Gasteiger partial charge in [-0.05, 0) is 31.7 Å². The highest BCUT2D eigenvalue weighted by Crippen LogP contribution is 2.22. The van der Waals surface area contributed by atoms with Crippen LogP contribution in [0.3, 0.4) is 0 Å². The smallest absolute Gasteiger partial charge is 0.141 e. The number of benzene rings is 1. The zero-order valence-corrected chi connectivity index (χ0v) is 10.6. The van der Waals surface area contributed by atoms with Crippen molar-refractivity contribution in [3.63, 3.8) is 0 Å². The van der Waals surface area contributed by atoms with Gasteiger partial charge in [-0.15, -0.1) is 0 Å². The van der Waals surface area contributed by atoms with Gasteiger partial charge in [0.15, 0.2) is 0 Å². The minimum Gasteiger partial charge on any atom is -0.495 e. The van der Waals surface area contributed by atoms with E-state index in [1.807, 2.05) is 32.2 Å². The lowest BCUT2D eigenvalue weighted by Crippen LogP contribution is -2.28. The van der Waals surface area contributed by atoms with Crippen molar-refractivity contribution in [1.82, 2.24) is 4.90 Å². The summed E-state index contributed by atoms with van der Waals surface area (Å²) in [6.45, 7) is 2.81. The first-order valence-electron chi connectivity index (χ1n) is 5.58. The van der Waals surface area contributed by atoms with Gasteiger partial charge in [0, 0.05) is 12.6 Å². The van der Waals surface area contributed by atoms with Crippen molar-refractivity contribution in [1.29, 1.82) is 5.26 Å². The molecule has 2 N–H and O–H groups in total. The standard InChI is InChI=1S/C13H19N3O/c1-10(6-7-14)16(2)9-11-4-5-13(17-3)12(15)8-11/h4-5,8,10H,6,9,15H2,1-3H3. The average Bonchev–Trinajstić information content (AvgIpc) is 2.29. The van der Waals surface area contributed by atoms with Crippen LogP contribution in [0.1, 0.15) is 18.9 Å². The Morgan fingerprint density at radius 3 is 2.76 bits per heavy atom. The summed E-state index contributed by atoms with van der Waals surface area (Å²) in [6, 6.07) is 8.19. The molecule has 4 heteroatoms. The summed E-state index contributed by atoms with van der Waals surface area (Å²) in [4.78, 5) is 2.13. The van der Waals surface area contributed by atoms with E-state index in [-0.39, 0.29) is 6.04 Å². The molecule has 0 heterocycles. The van der Waals surface area contributed by atoms with Crippen molar-refractivity contribution in [3.05, 3.63) is 23.8 Å². The molecule has 1 rings (SSSR count). The van der Waals surface area contributed by atoms with Gasteiger partial charge in [-0.3, -0.25) is 4.90 Å². The first kappa shape index (κ1) is 13.3. The number of methoxy groups -OCH3 is 1. The Labute approximate surface area is 103 Å². The Morgan fingerprint density at radius 2 is 2.24 bits per heavy atom. The van der Waals surface area contributed by atoms with Crippen molar-refractivity contribution in [3.8, 4) is 11.8 Å². The molecule has 0 aliphatic carbocycles. The van der Waals surface area contributed by atoms with Gasteiger partial charge in [0.2, 0.25) is 0 Å². The van der Waals surface area contributed by atoms with E-state index in [0.717, 1.165) is 12.1 Å². The van der Waals surface area contributed by atoms with Gasteiger partial charge in [-0.2, -0.15) is 5.26 Å². The second-order valence-corrected chi connectivity index (χ2v) is 4.20. The van der Waals surface area contributed by atoms with Crippen LogP contribution in [-0.2, 0) is 6.54 Å². The normalized spacial score (nSPS) is 12.2. The predicted octanol–water partition coefficient (Wildman–Crippen LogP) is 2.01. The van der Waals surface area contributed by atoms with E-state index < -0.39 is 0 Å². The summed E-state index contributed by atoms with van der Waals surface area (Å²) in [5.41, 5.74) is 7.61. The summed E-state index contributed by atoms with van der Waals surface area (Å²) in [5, 5.41) is 8.65. The topological polar surface area (TPSA) is 62.3 Å². The lowest BCUT2D eigenvalue weighted by Gasteiger charge is -2.22. The average molecular weight is 233 g/mol. The van der Waals surface area contributed by atoms with E-state index in [2.05, 4.69) is 11.0 Å². The Hall–Kier alpha value is -1.73. The van der Waals surface area contributed by atoms with Crippen LogP contribution in [0.2, 0.25) is 0 Å². The molecule has 17 heavy (non-hydrogen) atoms. The van der Waals surface area contributed by atoms with Crippen molar-refractivity contribution in [2.24, 2.45) is 0 Å². The first-order valence-corrected chi connectivity index (χ1v) is 5.58. The van der Waals surface area contributed by atoms with Crippen LogP contribution in [0.5, 0.6) is 5.75 Å². The van der Waals surface area contributed by atoms with E-state index >= 15 is 0 Å². The van der Waals surface area contributed by atoms with Crippen LogP contribution >= 0.6 is 0 Å². The molecule has 0 aromatic heterocycles. The predicted molar refractivity (Wildman–Crippen MR) is 68.6 cm³/mol. The van der Waals surface area contributed by atoms with Crippen molar-refractivity contribution < 1.29 is 4.74 Å². The van der Waals surface area contributed by atoms with Crippen LogP contribution in [0.4, 0.5) is 5.69 Å². The second-order valence-electron chi connectivity index (χ2n) is 4.20. The Balaban J connectivity index is 2.69. The van der Waals surface area contributed by atoms with Crippen molar-refractivity contribution >= 4 is 5.69 Å². The number of hydrogen-bond donors (Lipinski definition) is 1. The number of nitriles is 1. The number of nitrogen functional groups attached to an aromatic ring is 1. The molecular weight excluding hydrogens is 214 g/mol. The van der Waals surface area contributed by atoms with Crippen LogP contribution in [0.15, 0.2) is 18.2 Å². The molecule has 0 saturated heterocycles. The highest BCUT2D eigenvalue weighted by molar-refractivity contribution is 5.54. The van der Waals surface area contributed by atoms with Gasteiger partial charge >= 0.3 is 0 Å². The quantitative estimate of drug-likeness (QED) is 0.790. The third-order valence-corrected chi connectivity index (χ3v) is 2.87. The largest absolute Gasteiger partial charge is 0.495 e. The SMILES string of the molecule is COc1ccc(CN(C)C(C)CC#N)cc1N.